The number of aliphatic hydroxyl groups is 1. The lowest BCUT2D eigenvalue weighted by Crippen LogP contribution is -2.46. The van der Waals surface area contributed by atoms with Crippen LogP contribution < -0.4 is 5.73 Å². The molecule has 4 aromatic rings. The molecular formula is C26H23Cl5N4O4. The van der Waals surface area contributed by atoms with Gasteiger partial charge in [0.1, 0.15) is 28.6 Å². The quantitative estimate of drug-likeness (QED) is 0.208. The van der Waals surface area contributed by atoms with Gasteiger partial charge >= 0.3 is 0 Å². The Morgan fingerprint density at radius 1 is 0.974 bits per heavy atom. The zero-order valence-corrected chi connectivity index (χ0v) is 24.2. The summed E-state index contributed by atoms with van der Waals surface area (Å²) in [6.07, 6.45) is -0.733. The third-order valence-electron chi connectivity index (χ3n) is 6.50. The Kier molecular flexibility index (Phi) is 8.50. The molecule has 5 rings (SSSR count). The monoisotopic (exact) mass is 630 g/mol. The first-order valence-electron chi connectivity index (χ1n) is 11.8. The van der Waals surface area contributed by atoms with E-state index in [-0.39, 0.29) is 30.9 Å². The molecule has 0 aliphatic carbocycles. The molecule has 2 aromatic carbocycles. The second-order valence-electron chi connectivity index (χ2n) is 9.30. The first-order chi connectivity index (χ1) is 18.5. The van der Waals surface area contributed by atoms with E-state index in [0.29, 0.717) is 36.7 Å². The van der Waals surface area contributed by atoms with Crippen molar-refractivity contribution in [2.24, 2.45) is 0 Å². The Balaban J connectivity index is 1.42. The molecule has 3 heterocycles. The van der Waals surface area contributed by atoms with Crippen LogP contribution in [0.1, 0.15) is 24.3 Å². The highest BCUT2D eigenvalue weighted by atomic mass is 35.5. The Labute approximate surface area is 249 Å². The largest absolute Gasteiger partial charge is 0.383 e. The van der Waals surface area contributed by atoms with Gasteiger partial charge in [0.2, 0.25) is 5.95 Å². The molecule has 3 N–H and O–H groups in total. The molecule has 1 unspecified atom stereocenters. The zero-order valence-electron chi connectivity index (χ0n) is 20.5. The topological polar surface area (TPSA) is 105 Å². The van der Waals surface area contributed by atoms with Crippen LogP contribution in [-0.4, -0.2) is 44.1 Å². The van der Waals surface area contributed by atoms with Gasteiger partial charge in [-0.15, -0.1) is 0 Å². The number of benzene rings is 2. The van der Waals surface area contributed by atoms with E-state index in [1.807, 2.05) is 0 Å². The highest BCUT2D eigenvalue weighted by molar-refractivity contribution is 6.35. The van der Waals surface area contributed by atoms with E-state index in [1.165, 1.54) is 0 Å². The molecule has 0 spiro atoms. The summed E-state index contributed by atoms with van der Waals surface area (Å²) in [6.45, 7) is 2.01. The minimum atomic E-state index is -1.54. The summed E-state index contributed by atoms with van der Waals surface area (Å²) in [5, 5.41) is 14.5. The number of hydrogen-bond donors (Lipinski definition) is 2. The SMILES string of the molecule is C[C@]1(O)C(n2ccc3c(Cl)nc(N)nc32)O[C@H](COCc2ccc(Cl)cc2Cl)[C@H]1OCc1ccc(Cl)cc1Cl. The summed E-state index contributed by atoms with van der Waals surface area (Å²) < 4.78 is 20.2. The normalized spacial score (nSPS) is 23.1. The van der Waals surface area contributed by atoms with Gasteiger partial charge in [-0.25, -0.2) is 4.98 Å². The van der Waals surface area contributed by atoms with Gasteiger partial charge < -0.3 is 29.6 Å². The summed E-state index contributed by atoms with van der Waals surface area (Å²) in [7, 11) is 0. The minimum Gasteiger partial charge on any atom is -0.383 e. The van der Waals surface area contributed by atoms with E-state index >= 15 is 0 Å². The van der Waals surface area contributed by atoms with Gasteiger partial charge in [-0.05, 0) is 48.4 Å². The molecule has 206 valence electrons. The molecule has 4 atom stereocenters. The van der Waals surface area contributed by atoms with Gasteiger partial charge in [-0.3, -0.25) is 0 Å². The van der Waals surface area contributed by atoms with Gasteiger partial charge in [-0.2, -0.15) is 4.98 Å². The molecular weight excluding hydrogens is 610 g/mol. The molecule has 0 saturated carbocycles. The number of ether oxygens (including phenoxy) is 3. The maximum Gasteiger partial charge on any atom is 0.223 e. The van der Waals surface area contributed by atoms with E-state index in [1.54, 1.807) is 60.2 Å². The summed E-state index contributed by atoms with van der Waals surface area (Å²) in [5.41, 5.74) is 6.17. The second-order valence-corrected chi connectivity index (χ2v) is 11.3. The maximum atomic E-state index is 11.8. The Morgan fingerprint density at radius 3 is 2.26 bits per heavy atom. The predicted molar refractivity (Wildman–Crippen MR) is 153 cm³/mol. The number of anilines is 1. The fraction of sp³-hybridized carbons (Fsp3) is 0.308. The van der Waals surface area contributed by atoms with Crippen LogP contribution in [0.15, 0.2) is 48.7 Å². The van der Waals surface area contributed by atoms with E-state index in [2.05, 4.69) is 9.97 Å². The number of nitrogens with zero attached hydrogens (tertiary/aromatic N) is 3. The highest BCUT2D eigenvalue weighted by Crippen LogP contribution is 2.42. The van der Waals surface area contributed by atoms with Crippen LogP contribution >= 0.6 is 58.0 Å². The van der Waals surface area contributed by atoms with Crippen LogP contribution in [-0.2, 0) is 27.4 Å². The molecule has 1 saturated heterocycles. The van der Waals surface area contributed by atoms with E-state index in [9.17, 15) is 5.11 Å². The lowest BCUT2D eigenvalue weighted by Gasteiger charge is -2.31. The van der Waals surface area contributed by atoms with Crippen LogP contribution in [0.5, 0.6) is 0 Å². The van der Waals surface area contributed by atoms with Gasteiger partial charge in [0.05, 0.1) is 25.2 Å². The van der Waals surface area contributed by atoms with Crippen molar-refractivity contribution in [1.29, 1.82) is 0 Å². The van der Waals surface area contributed by atoms with Crippen molar-refractivity contribution in [3.05, 3.63) is 85.0 Å². The summed E-state index contributed by atoms with van der Waals surface area (Å²) in [6, 6.07) is 12.0. The average molecular weight is 633 g/mol. The molecule has 13 heteroatoms. The number of hydrogen-bond acceptors (Lipinski definition) is 7. The van der Waals surface area contributed by atoms with Crippen LogP contribution in [0, 0.1) is 0 Å². The van der Waals surface area contributed by atoms with Crippen LogP contribution in [0.4, 0.5) is 5.95 Å². The van der Waals surface area contributed by atoms with Crippen molar-refractivity contribution in [2.75, 3.05) is 12.3 Å². The van der Waals surface area contributed by atoms with Crippen molar-refractivity contribution < 1.29 is 19.3 Å². The predicted octanol–water partition coefficient (Wildman–Crippen LogP) is 6.73. The maximum absolute atomic E-state index is 11.8. The van der Waals surface area contributed by atoms with Gasteiger partial charge in [0, 0.05) is 26.3 Å². The molecule has 0 radical (unpaired) electrons. The lowest BCUT2D eigenvalue weighted by molar-refractivity contribution is -0.114. The molecule has 1 fully saturated rings. The number of nitrogens with two attached hydrogens (primary N) is 1. The third kappa shape index (κ3) is 5.95. The van der Waals surface area contributed by atoms with Crippen molar-refractivity contribution in [1.82, 2.24) is 14.5 Å². The molecule has 8 nitrogen and oxygen atoms in total. The Morgan fingerprint density at radius 2 is 1.62 bits per heavy atom. The highest BCUT2D eigenvalue weighted by Gasteiger charge is 2.55. The van der Waals surface area contributed by atoms with Crippen molar-refractivity contribution in [3.8, 4) is 0 Å². The minimum absolute atomic E-state index is 0.00463. The molecule has 0 amide bonds. The summed E-state index contributed by atoms with van der Waals surface area (Å²) >= 11 is 31.0. The molecule has 0 bridgehead atoms. The van der Waals surface area contributed by atoms with Crippen LogP contribution in [0.3, 0.4) is 0 Å². The van der Waals surface area contributed by atoms with E-state index in [0.717, 1.165) is 5.56 Å². The Bertz CT molecular complexity index is 1520. The molecule has 39 heavy (non-hydrogen) atoms. The van der Waals surface area contributed by atoms with Crippen molar-refractivity contribution in [3.63, 3.8) is 0 Å². The number of nitrogen functional groups attached to an aromatic ring is 1. The van der Waals surface area contributed by atoms with Crippen molar-refractivity contribution >= 4 is 75.0 Å². The number of halogens is 5. The standard InChI is InChI=1S/C26H23Cl5N4O4/c1-26(36)21(38-11-14-3-5-16(28)9-19(14)30)20(12-37-10-13-2-4-15(27)8-18(13)29)39-24(26)35-7-6-17-22(31)33-25(32)34-23(17)35/h2-9,20-21,24,36H,10-12H2,1H3,(H2,32,33,34)/t20-,21-,24?,26-/m1/s1. The first kappa shape index (κ1) is 28.7. The number of rotatable bonds is 8. The fourth-order valence-corrected chi connectivity index (χ4v) is 5.75. The van der Waals surface area contributed by atoms with Crippen LogP contribution in [0.2, 0.25) is 25.2 Å². The lowest BCUT2D eigenvalue weighted by atomic mass is 9.96. The van der Waals surface area contributed by atoms with Crippen molar-refractivity contribution in [2.45, 2.75) is 44.2 Å². The number of aromatic nitrogens is 3. The zero-order chi connectivity index (χ0) is 27.9. The van der Waals surface area contributed by atoms with Gasteiger partial charge in [0.25, 0.3) is 0 Å². The van der Waals surface area contributed by atoms with E-state index in [4.69, 9.17) is 77.9 Å². The van der Waals surface area contributed by atoms with Gasteiger partial charge in [-0.1, -0.05) is 70.1 Å². The smallest absolute Gasteiger partial charge is 0.223 e. The summed E-state index contributed by atoms with van der Waals surface area (Å²) in [4.78, 5) is 8.31. The third-order valence-corrected chi connectivity index (χ3v) is 7.96. The number of fused-ring (bicyclic) bond motifs is 1. The summed E-state index contributed by atoms with van der Waals surface area (Å²) in [5.74, 6) is -0.00463. The average Bonchev–Trinajstić information content (AvgIpc) is 3.38. The van der Waals surface area contributed by atoms with Crippen LogP contribution in [0.25, 0.3) is 11.0 Å². The second kappa shape index (κ2) is 11.6. The molecule has 1 aliphatic rings. The van der Waals surface area contributed by atoms with Gasteiger partial charge in [0.15, 0.2) is 6.23 Å². The molecule has 2 aromatic heterocycles. The molecule has 1 aliphatic heterocycles. The Hall–Kier alpha value is -1.85. The first-order valence-corrected chi connectivity index (χ1v) is 13.7. The van der Waals surface area contributed by atoms with E-state index < -0.39 is 24.0 Å². The fourth-order valence-electron chi connectivity index (χ4n) is 4.59.